The molecule has 152 valence electrons. The van der Waals surface area contributed by atoms with Gasteiger partial charge in [-0.2, -0.15) is 0 Å². The van der Waals surface area contributed by atoms with Crippen LogP contribution in [0.3, 0.4) is 0 Å². The van der Waals surface area contributed by atoms with Gasteiger partial charge in [-0.1, -0.05) is 12.1 Å². The molecule has 1 aromatic rings. The first-order valence-corrected chi connectivity index (χ1v) is 9.96. The number of amides is 2. The van der Waals surface area contributed by atoms with Crippen molar-refractivity contribution in [2.24, 2.45) is 0 Å². The van der Waals surface area contributed by atoms with Gasteiger partial charge in [0.25, 0.3) is 0 Å². The van der Waals surface area contributed by atoms with Crippen LogP contribution in [0, 0.1) is 0 Å². The van der Waals surface area contributed by atoms with Crippen molar-refractivity contribution in [1.82, 2.24) is 10.2 Å². The van der Waals surface area contributed by atoms with E-state index in [1.165, 1.54) is 0 Å². The number of piperidine rings is 1. The van der Waals surface area contributed by atoms with Crippen molar-refractivity contribution >= 4 is 17.8 Å². The van der Waals surface area contributed by atoms with Gasteiger partial charge in [-0.15, -0.1) is 0 Å². The highest BCUT2D eigenvalue weighted by atomic mass is 16.4. The highest BCUT2D eigenvalue weighted by Gasteiger charge is 2.38. The average molecular weight is 388 g/mol. The Bertz CT molecular complexity index is 742. The third-order valence-corrected chi connectivity index (χ3v) is 6.06. The largest absolute Gasteiger partial charge is 0.508 e. The van der Waals surface area contributed by atoms with E-state index in [2.05, 4.69) is 5.32 Å². The molecular weight excluding hydrogens is 360 g/mol. The Hall–Kier alpha value is -2.57. The molecule has 2 aliphatic rings. The van der Waals surface area contributed by atoms with Crippen molar-refractivity contribution in [3.05, 3.63) is 29.8 Å². The smallest absolute Gasteiger partial charge is 0.303 e. The minimum absolute atomic E-state index is 0.0101. The van der Waals surface area contributed by atoms with Crippen LogP contribution in [0.1, 0.15) is 62.8 Å². The second kappa shape index (κ2) is 8.63. The van der Waals surface area contributed by atoms with Gasteiger partial charge < -0.3 is 20.4 Å². The molecule has 1 atom stereocenters. The molecule has 0 radical (unpaired) electrons. The van der Waals surface area contributed by atoms with Gasteiger partial charge in [0.2, 0.25) is 11.8 Å². The Balaban J connectivity index is 1.51. The molecule has 2 fully saturated rings. The highest BCUT2D eigenvalue weighted by Crippen LogP contribution is 2.32. The number of nitrogens with one attached hydrogen (secondary N) is 1. The lowest BCUT2D eigenvalue weighted by Crippen LogP contribution is -2.44. The molecule has 0 bridgehead atoms. The van der Waals surface area contributed by atoms with Crippen molar-refractivity contribution in [3.63, 3.8) is 0 Å². The zero-order valence-corrected chi connectivity index (χ0v) is 16.0. The number of benzene rings is 1. The first-order valence-electron chi connectivity index (χ1n) is 9.96. The summed E-state index contributed by atoms with van der Waals surface area (Å²) >= 11 is 0. The zero-order chi connectivity index (χ0) is 20.1. The van der Waals surface area contributed by atoms with E-state index in [9.17, 15) is 19.5 Å². The van der Waals surface area contributed by atoms with Crippen LogP contribution < -0.4 is 5.32 Å². The Morgan fingerprint density at radius 2 is 1.89 bits per heavy atom. The molecule has 1 unspecified atom stereocenters. The molecule has 3 N–H and O–H groups in total. The van der Waals surface area contributed by atoms with Crippen LogP contribution in [0.15, 0.2) is 24.3 Å². The van der Waals surface area contributed by atoms with E-state index >= 15 is 0 Å². The molecule has 2 aliphatic heterocycles. The molecule has 0 aromatic heterocycles. The fourth-order valence-electron chi connectivity index (χ4n) is 4.37. The second-order valence-electron chi connectivity index (χ2n) is 7.97. The Morgan fingerprint density at radius 1 is 1.18 bits per heavy atom. The van der Waals surface area contributed by atoms with Crippen molar-refractivity contribution < 1.29 is 24.6 Å². The van der Waals surface area contributed by atoms with Crippen LogP contribution in [0.2, 0.25) is 0 Å². The van der Waals surface area contributed by atoms with Crippen LogP contribution in [-0.4, -0.2) is 51.5 Å². The van der Waals surface area contributed by atoms with Gasteiger partial charge in [0.1, 0.15) is 5.75 Å². The van der Waals surface area contributed by atoms with Crippen molar-refractivity contribution in [2.75, 3.05) is 13.1 Å². The summed E-state index contributed by atoms with van der Waals surface area (Å²) in [5.74, 6) is -0.288. The third-order valence-electron chi connectivity index (χ3n) is 6.06. The number of carbonyl (C=O) groups is 3. The number of nitrogens with zero attached hydrogens (tertiary/aromatic N) is 1. The average Bonchev–Trinajstić information content (AvgIpc) is 3.06. The summed E-state index contributed by atoms with van der Waals surface area (Å²) in [6, 6.07) is 7.30. The quantitative estimate of drug-likeness (QED) is 0.665. The summed E-state index contributed by atoms with van der Waals surface area (Å²) in [7, 11) is 0. The molecule has 2 saturated heterocycles. The summed E-state index contributed by atoms with van der Waals surface area (Å²) in [4.78, 5) is 37.1. The van der Waals surface area contributed by atoms with Crippen LogP contribution in [-0.2, 0) is 14.4 Å². The number of likely N-dealkylation sites (tertiary alicyclic amines) is 1. The SMILES string of the molecule is O=C(O)CCC1(CCC(=O)N2CCC(c3cccc(O)c3)CC2)CCC(=O)N1. The van der Waals surface area contributed by atoms with Crippen LogP contribution in [0.5, 0.6) is 5.75 Å². The van der Waals surface area contributed by atoms with Gasteiger partial charge in [0.15, 0.2) is 0 Å². The van der Waals surface area contributed by atoms with Gasteiger partial charge in [-0.25, -0.2) is 0 Å². The Labute approximate surface area is 164 Å². The monoisotopic (exact) mass is 388 g/mol. The van der Waals surface area contributed by atoms with E-state index in [0.717, 1.165) is 18.4 Å². The van der Waals surface area contributed by atoms with Gasteiger partial charge in [-0.3, -0.25) is 14.4 Å². The minimum Gasteiger partial charge on any atom is -0.508 e. The second-order valence-corrected chi connectivity index (χ2v) is 7.97. The molecule has 28 heavy (non-hydrogen) atoms. The van der Waals surface area contributed by atoms with E-state index in [-0.39, 0.29) is 24.0 Å². The summed E-state index contributed by atoms with van der Waals surface area (Å²) in [5, 5.41) is 21.5. The van der Waals surface area contributed by atoms with E-state index in [1.54, 1.807) is 12.1 Å². The molecule has 7 heteroatoms. The molecule has 3 rings (SSSR count). The lowest BCUT2D eigenvalue weighted by Gasteiger charge is -2.34. The predicted molar refractivity (Wildman–Crippen MR) is 103 cm³/mol. The molecule has 0 aliphatic carbocycles. The molecule has 0 saturated carbocycles. The number of carbonyl (C=O) groups excluding carboxylic acids is 2. The molecule has 0 spiro atoms. The predicted octanol–water partition coefficient (Wildman–Crippen LogP) is 2.39. The fraction of sp³-hybridized carbons (Fsp3) is 0.571. The number of aliphatic carboxylic acids is 1. The van der Waals surface area contributed by atoms with E-state index in [0.29, 0.717) is 51.1 Å². The van der Waals surface area contributed by atoms with Crippen molar-refractivity contribution in [2.45, 2.75) is 62.8 Å². The fourth-order valence-corrected chi connectivity index (χ4v) is 4.37. The Morgan fingerprint density at radius 3 is 2.50 bits per heavy atom. The molecule has 2 amide bonds. The third kappa shape index (κ3) is 5.03. The van der Waals surface area contributed by atoms with Crippen LogP contribution in [0.25, 0.3) is 0 Å². The molecule has 2 heterocycles. The Kier molecular flexibility index (Phi) is 6.21. The maximum atomic E-state index is 12.7. The number of rotatable bonds is 7. The van der Waals surface area contributed by atoms with Gasteiger partial charge in [-0.05, 0) is 55.7 Å². The summed E-state index contributed by atoms with van der Waals surface area (Å²) in [6.07, 6.45) is 3.85. The number of phenols is 1. The number of carboxylic acids is 1. The van der Waals surface area contributed by atoms with Crippen molar-refractivity contribution in [1.29, 1.82) is 0 Å². The summed E-state index contributed by atoms with van der Waals surface area (Å²) < 4.78 is 0. The maximum absolute atomic E-state index is 12.7. The standard InChI is InChI=1S/C21H28N2O5/c24-17-3-1-2-16(14-17)15-7-12-23(13-8-15)19(26)5-10-21(11-6-20(27)28)9-4-18(25)22-21/h1-3,14-15,24H,4-13H2,(H,22,25)(H,27,28). The van der Waals surface area contributed by atoms with E-state index in [4.69, 9.17) is 5.11 Å². The van der Waals surface area contributed by atoms with Crippen molar-refractivity contribution in [3.8, 4) is 5.75 Å². The normalized spacial score (nSPS) is 22.9. The molecule has 7 nitrogen and oxygen atoms in total. The van der Waals surface area contributed by atoms with E-state index in [1.807, 2.05) is 17.0 Å². The number of phenolic OH excluding ortho intramolecular Hbond substituents is 1. The summed E-state index contributed by atoms with van der Waals surface area (Å²) in [6.45, 7) is 1.35. The molecule has 1 aromatic carbocycles. The first kappa shape index (κ1) is 20.2. The van der Waals surface area contributed by atoms with Gasteiger partial charge in [0, 0.05) is 37.9 Å². The van der Waals surface area contributed by atoms with Gasteiger partial charge >= 0.3 is 5.97 Å². The summed E-state index contributed by atoms with van der Waals surface area (Å²) in [5.41, 5.74) is 0.541. The minimum atomic E-state index is -0.888. The van der Waals surface area contributed by atoms with Crippen LogP contribution in [0.4, 0.5) is 0 Å². The van der Waals surface area contributed by atoms with Gasteiger partial charge in [0.05, 0.1) is 0 Å². The number of carboxylic acid groups (broad SMARTS) is 1. The molecular formula is C21H28N2O5. The number of hydrogen-bond donors (Lipinski definition) is 3. The number of aromatic hydroxyl groups is 1. The lowest BCUT2D eigenvalue weighted by molar-refractivity contribution is -0.137. The van der Waals surface area contributed by atoms with E-state index < -0.39 is 11.5 Å². The highest BCUT2D eigenvalue weighted by molar-refractivity contribution is 5.80. The lowest BCUT2D eigenvalue weighted by atomic mass is 9.86. The maximum Gasteiger partial charge on any atom is 0.303 e. The van der Waals surface area contributed by atoms with Crippen LogP contribution >= 0.6 is 0 Å². The zero-order valence-electron chi connectivity index (χ0n) is 16.0. The first-order chi connectivity index (χ1) is 13.4. The topological polar surface area (TPSA) is 107 Å². The number of hydrogen-bond acceptors (Lipinski definition) is 4.